The van der Waals surface area contributed by atoms with E-state index in [1.165, 1.54) is 31.6 Å². The van der Waals surface area contributed by atoms with Crippen molar-refractivity contribution in [3.05, 3.63) is 0 Å². The molecule has 82 valence electrons. The largest absolute Gasteiger partial charge is 0.383 e. The normalized spacial score (nSPS) is 31.1. The van der Waals surface area contributed by atoms with Gasteiger partial charge in [-0.15, -0.1) is 0 Å². The van der Waals surface area contributed by atoms with E-state index in [2.05, 4.69) is 21.9 Å². The van der Waals surface area contributed by atoms with Crippen LogP contribution in [0.15, 0.2) is 5.16 Å². The van der Waals surface area contributed by atoms with Gasteiger partial charge >= 0.3 is 0 Å². The van der Waals surface area contributed by atoms with E-state index in [4.69, 9.17) is 4.84 Å². The minimum absolute atomic E-state index is 0.435. The lowest BCUT2D eigenvalue weighted by Gasteiger charge is -2.39. The molecule has 0 aromatic carbocycles. The van der Waals surface area contributed by atoms with Gasteiger partial charge in [0.25, 0.3) is 0 Å². The van der Waals surface area contributed by atoms with Crippen molar-refractivity contribution in [1.82, 2.24) is 4.90 Å². The van der Waals surface area contributed by atoms with Crippen LogP contribution in [0.2, 0.25) is 0 Å². The summed E-state index contributed by atoms with van der Waals surface area (Å²) in [5.41, 5.74) is 1.23. The zero-order valence-corrected chi connectivity index (χ0v) is 9.33. The SMILES string of the molecule is CCC#CCO/N=C1\CN2CCC1CC2. The highest BCUT2D eigenvalue weighted by Gasteiger charge is 2.31. The van der Waals surface area contributed by atoms with Gasteiger partial charge in [-0.05, 0) is 25.9 Å². The van der Waals surface area contributed by atoms with Crippen LogP contribution in [0.25, 0.3) is 0 Å². The second kappa shape index (κ2) is 5.18. The molecule has 0 amide bonds. The Labute approximate surface area is 91.5 Å². The van der Waals surface area contributed by atoms with Gasteiger partial charge in [0.2, 0.25) is 0 Å². The molecule has 0 spiro atoms. The van der Waals surface area contributed by atoms with Crippen LogP contribution in [-0.2, 0) is 4.84 Å². The standard InChI is InChI=1S/C12H18N2O/c1-2-3-4-9-15-13-12-10-14-7-5-11(12)6-8-14/h11H,2,5-10H2,1H3/b13-12+. The van der Waals surface area contributed by atoms with Crippen LogP contribution in [0, 0.1) is 17.8 Å². The Morgan fingerprint density at radius 1 is 1.40 bits per heavy atom. The molecule has 3 nitrogen and oxygen atoms in total. The van der Waals surface area contributed by atoms with Crippen LogP contribution in [0.5, 0.6) is 0 Å². The van der Waals surface area contributed by atoms with Crippen LogP contribution >= 0.6 is 0 Å². The molecule has 3 heteroatoms. The number of nitrogens with zero attached hydrogens (tertiary/aromatic N) is 2. The molecule has 0 N–H and O–H groups in total. The van der Waals surface area contributed by atoms with E-state index >= 15 is 0 Å². The Kier molecular flexibility index (Phi) is 3.63. The van der Waals surface area contributed by atoms with Gasteiger partial charge in [0, 0.05) is 18.9 Å². The lowest BCUT2D eigenvalue weighted by Crippen LogP contribution is -2.47. The summed E-state index contributed by atoms with van der Waals surface area (Å²) in [6.45, 7) is 5.95. The number of hydrogen-bond acceptors (Lipinski definition) is 3. The Bertz CT molecular complexity index is 292. The smallest absolute Gasteiger partial charge is 0.177 e. The van der Waals surface area contributed by atoms with Crippen LogP contribution in [-0.4, -0.2) is 36.9 Å². The first-order chi connectivity index (χ1) is 7.40. The lowest BCUT2D eigenvalue weighted by atomic mass is 9.87. The molecule has 0 atom stereocenters. The lowest BCUT2D eigenvalue weighted by molar-refractivity contribution is 0.155. The number of oxime groups is 1. The van der Waals surface area contributed by atoms with E-state index in [1.54, 1.807) is 0 Å². The Morgan fingerprint density at radius 2 is 2.20 bits per heavy atom. The zero-order chi connectivity index (χ0) is 10.5. The first-order valence-electron chi connectivity index (χ1n) is 5.77. The van der Waals surface area contributed by atoms with Gasteiger partial charge in [0.15, 0.2) is 6.61 Å². The van der Waals surface area contributed by atoms with Gasteiger partial charge in [-0.2, -0.15) is 0 Å². The molecule has 3 saturated heterocycles. The fourth-order valence-electron chi connectivity index (χ4n) is 2.21. The summed E-state index contributed by atoms with van der Waals surface area (Å²) in [5, 5.41) is 4.21. The Morgan fingerprint density at radius 3 is 2.80 bits per heavy atom. The molecule has 3 rings (SSSR count). The summed E-state index contributed by atoms with van der Waals surface area (Å²) in [6.07, 6.45) is 3.39. The van der Waals surface area contributed by atoms with Crippen LogP contribution < -0.4 is 0 Å². The number of piperidine rings is 3. The van der Waals surface area contributed by atoms with Gasteiger partial charge in [0.05, 0.1) is 5.71 Å². The fraction of sp³-hybridized carbons (Fsp3) is 0.750. The predicted octanol–water partition coefficient (Wildman–Crippen LogP) is 1.50. The maximum Gasteiger partial charge on any atom is 0.177 e. The minimum Gasteiger partial charge on any atom is -0.383 e. The third-order valence-electron chi connectivity index (χ3n) is 3.06. The molecule has 0 saturated carbocycles. The summed E-state index contributed by atoms with van der Waals surface area (Å²) < 4.78 is 0. The van der Waals surface area contributed by atoms with E-state index in [1.807, 2.05) is 6.92 Å². The van der Waals surface area contributed by atoms with Crippen molar-refractivity contribution in [3.63, 3.8) is 0 Å². The van der Waals surface area contributed by atoms with E-state index in [9.17, 15) is 0 Å². The third kappa shape index (κ3) is 2.73. The Balaban J connectivity index is 1.80. The summed E-state index contributed by atoms with van der Waals surface area (Å²) >= 11 is 0. The molecule has 3 aliphatic rings. The summed E-state index contributed by atoms with van der Waals surface area (Å²) in [7, 11) is 0. The molecule has 3 fully saturated rings. The highest BCUT2D eigenvalue weighted by atomic mass is 16.6. The molecule has 0 radical (unpaired) electrons. The van der Waals surface area contributed by atoms with Crippen molar-refractivity contribution in [1.29, 1.82) is 0 Å². The number of hydrogen-bond donors (Lipinski definition) is 0. The highest BCUT2D eigenvalue weighted by Crippen LogP contribution is 2.25. The van der Waals surface area contributed by atoms with Crippen LogP contribution in [0.1, 0.15) is 26.2 Å². The highest BCUT2D eigenvalue weighted by molar-refractivity contribution is 5.89. The van der Waals surface area contributed by atoms with Gasteiger partial charge in [-0.25, -0.2) is 0 Å². The molecule has 0 unspecified atom stereocenters. The number of fused-ring (bicyclic) bond motifs is 3. The van der Waals surface area contributed by atoms with Crippen molar-refractivity contribution in [2.75, 3.05) is 26.2 Å². The third-order valence-corrected chi connectivity index (χ3v) is 3.06. The second-order valence-electron chi connectivity index (χ2n) is 4.11. The first kappa shape index (κ1) is 10.5. The average Bonchev–Trinajstić information content (AvgIpc) is 2.30. The molecule has 0 aromatic rings. The summed E-state index contributed by atoms with van der Waals surface area (Å²) in [6, 6.07) is 0. The molecular weight excluding hydrogens is 188 g/mol. The minimum atomic E-state index is 0.435. The van der Waals surface area contributed by atoms with Gasteiger partial charge < -0.3 is 4.84 Å². The van der Waals surface area contributed by atoms with E-state index in [0.717, 1.165) is 13.0 Å². The van der Waals surface area contributed by atoms with Crippen molar-refractivity contribution in [3.8, 4) is 11.8 Å². The molecule has 0 aliphatic carbocycles. The molecule has 3 aliphatic heterocycles. The fourth-order valence-corrected chi connectivity index (χ4v) is 2.21. The summed E-state index contributed by atoms with van der Waals surface area (Å²) in [4.78, 5) is 7.66. The van der Waals surface area contributed by atoms with Gasteiger partial charge in [-0.3, -0.25) is 4.90 Å². The van der Waals surface area contributed by atoms with Gasteiger partial charge in [0.1, 0.15) is 0 Å². The van der Waals surface area contributed by atoms with E-state index in [0.29, 0.717) is 12.5 Å². The quantitative estimate of drug-likeness (QED) is 0.388. The van der Waals surface area contributed by atoms with E-state index < -0.39 is 0 Å². The maximum absolute atomic E-state index is 5.22. The van der Waals surface area contributed by atoms with Gasteiger partial charge in [-0.1, -0.05) is 23.9 Å². The maximum atomic E-state index is 5.22. The number of rotatable bonds is 2. The van der Waals surface area contributed by atoms with Crippen molar-refractivity contribution >= 4 is 5.71 Å². The zero-order valence-electron chi connectivity index (χ0n) is 9.33. The molecular formula is C12H18N2O. The summed E-state index contributed by atoms with van der Waals surface area (Å²) in [5.74, 6) is 6.57. The Hall–Kier alpha value is -1.01. The molecule has 3 heterocycles. The van der Waals surface area contributed by atoms with E-state index in [-0.39, 0.29) is 0 Å². The van der Waals surface area contributed by atoms with Crippen LogP contribution in [0.4, 0.5) is 0 Å². The van der Waals surface area contributed by atoms with Crippen molar-refractivity contribution < 1.29 is 4.84 Å². The molecule has 2 bridgehead atoms. The molecule has 15 heavy (non-hydrogen) atoms. The van der Waals surface area contributed by atoms with Crippen LogP contribution in [0.3, 0.4) is 0 Å². The average molecular weight is 206 g/mol. The monoisotopic (exact) mass is 206 g/mol. The van der Waals surface area contributed by atoms with Crippen molar-refractivity contribution in [2.45, 2.75) is 26.2 Å². The predicted molar refractivity (Wildman–Crippen MR) is 60.6 cm³/mol. The first-order valence-corrected chi connectivity index (χ1v) is 5.77. The second-order valence-corrected chi connectivity index (χ2v) is 4.11. The van der Waals surface area contributed by atoms with Crippen molar-refractivity contribution in [2.24, 2.45) is 11.1 Å². The molecule has 0 aromatic heterocycles. The topological polar surface area (TPSA) is 24.8 Å².